The fourth-order valence-electron chi connectivity index (χ4n) is 2.00. The van der Waals surface area contributed by atoms with Gasteiger partial charge in [-0.25, -0.2) is 12.7 Å². The Hall–Kier alpha value is -0.860. The van der Waals surface area contributed by atoms with Crippen LogP contribution in [0.2, 0.25) is 0 Å². The Morgan fingerprint density at radius 2 is 2.21 bits per heavy atom. The van der Waals surface area contributed by atoms with E-state index < -0.39 is 10.0 Å². The Morgan fingerprint density at radius 3 is 2.74 bits per heavy atom. The van der Waals surface area contributed by atoms with Crippen LogP contribution in [0, 0.1) is 5.92 Å². The van der Waals surface area contributed by atoms with Gasteiger partial charge in [-0.2, -0.15) is 0 Å². The van der Waals surface area contributed by atoms with Crippen molar-refractivity contribution >= 4 is 16.0 Å². The molecule has 0 aromatic heterocycles. The van der Waals surface area contributed by atoms with Crippen molar-refractivity contribution in [3.05, 3.63) is 0 Å². The van der Waals surface area contributed by atoms with E-state index in [0.717, 1.165) is 18.9 Å². The highest BCUT2D eigenvalue weighted by molar-refractivity contribution is 7.88. The van der Waals surface area contributed by atoms with Gasteiger partial charge in [0.15, 0.2) is 5.96 Å². The van der Waals surface area contributed by atoms with Gasteiger partial charge >= 0.3 is 0 Å². The second-order valence-corrected chi connectivity index (χ2v) is 6.63. The molecule has 1 atom stereocenters. The summed E-state index contributed by atoms with van der Waals surface area (Å²) < 4.78 is 29.3. The van der Waals surface area contributed by atoms with Crippen LogP contribution in [0.4, 0.5) is 0 Å². The van der Waals surface area contributed by atoms with Gasteiger partial charge in [-0.1, -0.05) is 0 Å². The predicted molar refractivity (Wildman–Crippen MR) is 75.8 cm³/mol. The zero-order valence-electron chi connectivity index (χ0n) is 11.8. The summed E-state index contributed by atoms with van der Waals surface area (Å²) in [4.78, 5) is 4.10. The van der Waals surface area contributed by atoms with Gasteiger partial charge in [0.25, 0.3) is 0 Å². The maximum atomic E-state index is 11.4. The molecular formula is C11H24N4O3S. The molecule has 2 N–H and O–H groups in total. The minimum absolute atomic E-state index is 0.329. The smallest absolute Gasteiger partial charge is 0.211 e. The highest BCUT2D eigenvalue weighted by Crippen LogP contribution is 2.17. The normalized spacial score (nSPS) is 21.6. The van der Waals surface area contributed by atoms with Crippen LogP contribution in [0.15, 0.2) is 4.99 Å². The van der Waals surface area contributed by atoms with Gasteiger partial charge in [-0.15, -0.1) is 0 Å². The Bertz CT molecular complexity index is 397. The van der Waals surface area contributed by atoms with Crippen molar-refractivity contribution in [1.29, 1.82) is 0 Å². The van der Waals surface area contributed by atoms with Crippen LogP contribution >= 0.6 is 0 Å². The third-order valence-corrected chi connectivity index (χ3v) is 4.37. The highest BCUT2D eigenvalue weighted by Gasteiger charge is 2.28. The van der Waals surface area contributed by atoms with Crippen LogP contribution in [0.25, 0.3) is 0 Å². The fraction of sp³-hybridized carbons (Fsp3) is 0.909. The van der Waals surface area contributed by atoms with E-state index in [1.54, 1.807) is 14.2 Å². The summed E-state index contributed by atoms with van der Waals surface area (Å²) in [5, 5.41) is 6.32. The molecule has 0 bridgehead atoms. The number of rotatable bonds is 6. The first kappa shape index (κ1) is 16.2. The summed E-state index contributed by atoms with van der Waals surface area (Å²) in [5.74, 6) is 1.05. The Morgan fingerprint density at radius 1 is 1.47 bits per heavy atom. The molecule has 19 heavy (non-hydrogen) atoms. The van der Waals surface area contributed by atoms with Gasteiger partial charge in [0.2, 0.25) is 10.0 Å². The fourth-order valence-corrected chi connectivity index (χ4v) is 2.92. The lowest BCUT2D eigenvalue weighted by atomic mass is 10.1. The van der Waals surface area contributed by atoms with Crippen molar-refractivity contribution in [1.82, 2.24) is 14.9 Å². The molecule has 0 aromatic carbocycles. The van der Waals surface area contributed by atoms with Crippen LogP contribution in [-0.4, -0.2) is 71.9 Å². The second kappa shape index (κ2) is 7.66. The quantitative estimate of drug-likeness (QED) is 0.376. The first-order valence-corrected chi connectivity index (χ1v) is 8.20. The molecule has 1 saturated heterocycles. The molecule has 0 radical (unpaired) electrons. The first-order valence-electron chi connectivity index (χ1n) is 6.36. The molecule has 0 aliphatic carbocycles. The molecule has 0 aromatic rings. The SMILES string of the molecule is CN=C(NCCOC)NCC1CCN(S(C)(=O)=O)C1. The Labute approximate surface area is 115 Å². The summed E-state index contributed by atoms with van der Waals surface area (Å²) in [6, 6.07) is 0. The Balaban J connectivity index is 2.29. The first-order chi connectivity index (χ1) is 8.97. The molecule has 1 fully saturated rings. The number of nitrogens with one attached hydrogen (secondary N) is 2. The number of guanidine groups is 1. The summed E-state index contributed by atoms with van der Waals surface area (Å²) in [6.07, 6.45) is 2.14. The molecule has 7 nitrogen and oxygen atoms in total. The summed E-state index contributed by atoms with van der Waals surface area (Å²) in [6.45, 7) is 3.22. The maximum Gasteiger partial charge on any atom is 0.211 e. The van der Waals surface area contributed by atoms with E-state index in [0.29, 0.717) is 32.2 Å². The summed E-state index contributed by atoms with van der Waals surface area (Å²) in [7, 11) is 0.303. The third-order valence-electron chi connectivity index (χ3n) is 3.10. The second-order valence-electron chi connectivity index (χ2n) is 4.65. The monoisotopic (exact) mass is 292 g/mol. The van der Waals surface area contributed by atoms with E-state index in [1.165, 1.54) is 10.6 Å². The topological polar surface area (TPSA) is 83.0 Å². The van der Waals surface area contributed by atoms with Crippen LogP contribution in [0.3, 0.4) is 0 Å². The molecule has 1 aliphatic heterocycles. The van der Waals surface area contributed by atoms with Gasteiger partial charge in [-0.3, -0.25) is 4.99 Å². The summed E-state index contributed by atoms with van der Waals surface area (Å²) >= 11 is 0. The molecule has 1 aliphatic rings. The standard InChI is InChI=1S/C11H24N4O3S/c1-12-11(13-5-7-18-2)14-8-10-4-6-15(9-10)19(3,16)17/h10H,4-9H2,1-3H3,(H2,12,13,14). The number of methoxy groups -OCH3 is 1. The lowest BCUT2D eigenvalue weighted by molar-refractivity contribution is 0.203. The average molecular weight is 292 g/mol. The van der Waals surface area contributed by atoms with E-state index in [4.69, 9.17) is 4.74 Å². The third kappa shape index (κ3) is 5.75. The van der Waals surface area contributed by atoms with Gasteiger partial charge in [0.05, 0.1) is 12.9 Å². The van der Waals surface area contributed by atoms with E-state index in [2.05, 4.69) is 15.6 Å². The molecule has 0 saturated carbocycles. The number of hydrogen-bond acceptors (Lipinski definition) is 4. The largest absolute Gasteiger partial charge is 0.383 e. The van der Waals surface area contributed by atoms with E-state index in [9.17, 15) is 8.42 Å². The van der Waals surface area contributed by atoms with Crippen LogP contribution in [0.1, 0.15) is 6.42 Å². The molecule has 1 heterocycles. The van der Waals surface area contributed by atoms with Crippen molar-refractivity contribution in [2.45, 2.75) is 6.42 Å². The highest BCUT2D eigenvalue weighted by atomic mass is 32.2. The van der Waals surface area contributed by atoms with E-state index >= 15 is 0 Å². The average Bonchev–Trinajstić information content (AvgIpc) is 2.82. The Kier molecular flexibility index (Phi) is 6.53. The molecule has 1 rings (SSSR count). The number of aliphatic imine (C=N–C) groups is 1. The van der Waals surface area contributed by atoms with Crippen LogP contribution in [0.5, 0.6) is 0 Å². The van der Waals surface area contributed by atoms with Crippen molar-refractivity contribution in [3.8, 4) is 0 Å². The van der Waals surface area contributed by atoms with E-state index in [1.807, 2.05) is 0 Å². The lowest BCUT2D eigenvalue weighted by Crippen LogP contribution is -2.41. The molecular weight excluding hydrogens is 268 g/mol. The van der Waals surface area contributed by atoms with Crippen LogP contribution < -0.4 is 10.6 Å². The molecule has 8 heteroatoms. The number of nitrogens with zero attached hydrogens (tertiary/aromatic N) is 2. The number of sulfonamides is 1. The van der Waals surface area contributed by atoms with Gasteiger partial charge in [0.1, 0.15) is 0 Å². The van der Waals surface area contributed by atoms with Gasteiger partial charge in [-0.05, 0) is 12.3 Å². The van der Waals surface area contributed by atoms with Crippen molar-refractivity contribution in [2.75, 3.05) is 53.2 Å². The van der Waals surface area contributed by atoms with Crippen molar-refractivity contribution < 1.29 is 13.2 Å². The minimum Gasteiger partial charge on any atom is -0.383 e. The van der Waals surface area contributed by atoms with Crippen LogP contribution in [-0.2, 0) is 14.8 Å². The predicted octanol–water partition coefficient (Wildman–Crippen LogP) is -0.921. The van der Waals surface area contributed by atoms with Gasteiger partial charge < -0.3 is 15.4 Å². The summed E-state index contributed by atoms with van der Waals surface area (Å²) in [5.41, 5.74) is 0. The number of hydrogen-bond donors (Lipinski definition) is 2. The minimum atomic E-state index is -3.05. The van der Waals surface area contributed by atoms with Gasteiger partial charge in [0, 0.05) is 40.3 Å². The molecule has 1 unspecified atom stereocenters. The molecule has 0 amide bonds. The zero-order chi connectivity index (χ0) is 14.3. The maximum absolute atomic E-state index is 11.4. The van der Waals surface area contributed by atoms with E-state index in [-0.39, 0.29) is 0 Å². The van der Waals surface area contributed by atoms with Crippen molar-refractivity contribution in [3.63, 3.8) is 0 Å². The molecule has 0 spiro atoms. The lowest BCUT2D eigenvalue weighted by Gasteiger charge is -2.16. The molecule has 112 valence electrons. The zero-order valence-corrected chi connectivity index (χ0v) is 12.7. The number of ether oxygens (including phenoxy) is 1. The van der Waals surface area contributed by atoms with Crippen molar-refractivity contribution in [2.24, 2.45) is 10.9 Å².